The van der Waals surface area contributed by atoms with Gasteiger partial charge < -0.3 is 10.1 Å². The smallest absolute Gasteiger partial charge is 0.223 e. The maximum absolute atomic E-state index is 11.7. The molecule has 0 aromatic heterocycles. The fourth-order valence-electron chi connectivity index (χ4n) is 1.67. The Morgan fingerprint density at radius 3 is 2.53 bits per heavy atom. The van der Waals surface area contributed by atoms with E-state index in [0.717, 1.165) is 24.2 Å². The average Bonchev–Trinajstić information content (AvgIpc) is 2.36. The van der Waals surface area contributed by atoms with E-state index in [9.17, 15) is 4.79 Å². The van der Waals surface area contributed by atoms with E-state index in [0.29, 0.717) is 6.54 Å². The standard InChI is InChI=1S/C14H21NO2/c1-4-5-11(2)14(16)15-10-12-6-8-13(17-3)9-7-12/h6-9,11H,4-5,10H2,1-3H3,(H,15,16)/t11-/m0/s1. The summed E-state index contributed by atoms with van der Waals surface area (Å²) < 4.78 is 5.08. The van der Waals surface area contributed by atoms with Crippen LogP contribution in [0.25, 0.3) is 0 Å². The molecule has 0 radical (unpaired) electrons. The van der Waals surface area contributed by atoms with Gasteiger partial charge >= 0.3 is 0 Å². The van der Waals surface area contributed by atoms with Crippen LogP contribution < -0.4 is 10.1 Å². The van der Waals surface area contributed by atoms with Crippen LogP contribution in [0.15, 0.2) is 24.3 Å². The summed E-state index contributed by atoms with van der Waals surface area (Å²) in [6, 6.07) is 7.72. The average molecular weight is 235 g/mol. The molecule has 1 rings (SSSR count). The fourth-order valence-corrected chi connectivity index (χ4v) is 1.67. The van der Waals surface area contributed by atoms with Crippen molar-refractivity contribution in [3.8, 4) is 5.75 Å². The molecular weight excluding hydrogens is 214 g/mol. The molecule has 1 atom stereocenters. The SMILES string of the molecule is CCC[C@H](C)C(=O)NCc1ccc(OC)cc1. The third-order valence-electron chi connectivity index (χ3n) is 2.80. The molecular formula is C14H21NO2. The summed E-state index contributed by atoms with van der Waals surface area (Å²) >= 11 is 0. The Labute approximate surface area is 103 Å². The van der Waals surface area contributed by atoms with Crippen molar-refractivity contribution in [3.05, 3.63) is 29.8 Å². The van der Waals surface area contributed by atoms with Crippen molar-refractivity contribution in [1.82, 2.24) is 5.32 Å². The highest BCUT2D eigenvalue weighted by Gasteiger charge is 2.10. The molecule has 94 valence electrons. The first kappa shape index (κ1) is 13.6. The second-order valence-corrected chi connectivity index (χ2v) is 4.26. The summed E-state index contributed by atoms with van der Waals surface area (Å²) in [5, 5.41) is 2.94. The zero-order valence-electron chi connectivity index (χ0n) is 10.8. The minimum Gasteiger partial charge on any atom is -0.497 e. The summed E-state index contributed by atoms with van der Waals surface area (Å²) in [7, 11) is 1.64. The summed E-state index contributed by atoms with van der Waals surface area (Å²) in [4.78, 5) is 11.7. The summed E-state index contributed by atoms with van der Waals surface area (Å²) in [6.45, 7) is 4.64. The van der Waals surface area contributed by atoms with Gasteiger partial charge in [0.15, 0.2) is 0 Å². The number of rotatable bonds is 6. The normalized spacial score (nSPS) is 11.9. The van der Waals surface area contributed by atoms with Crippen LogP contribution in [0.1, 0.15) is 32.3 Å². The van der Waals surface area contributed by atoms with Crippen molar-refractivity contribution in [2.75, 3.05) is 7.11 Å². The molecule has 0 aliphatic heterocycles. The second kappa shape index (κ2) is 6.94. The van der Waals surface area contributed by atoms with Gasteiger partial charge in [-0.15, -0.1) is 0 Å². The Morgan fingerprint density at radius 1 is 1.35 bits per heavy atom. The van der Waals surface area contributed by atoms with Crippen molar-refractivity contribution >= 4 is 5.91 Å². The van der Waals surface area contributed by atoms with E-state index in [2.05, 4.69) is 12.2 Å². The molecule has 0 saturated heterocycles. The van der Waals surface area contributed by atoms with Crippen molar-refractivity contribution in [2.45, 2.75) is 33.2 Å². The fraction of sp³-hybridized carbons (Fsp3) is 0.500. The number of hydrogen-bond donors (Lipinski definition) is 1. The molecule has 17 heavy (non-hydrogen) atoms. The quantitative estimate of drug-likeness (QED) is 0.823. The van der Waals surface area contributed by atoms with Crippen molar-refractivity contribution in [3.63, 3.8) is 0 Å². The van der Waals surface area contributed by atoms with Gasteiger partial charge in [0.1, 0.15) is 5.75 Å². The lowest BCUT2D eigenvalue weighted by Gasteiger charge is -2.11. The number of carbonyl (C=O) groups is 1. The first-order valence-electron chi connectivity index (χ1n) is 6.08. The predicted molar refractivity (Wildman–Crippen MR) is 68.9 cm³/mol. The molecule has 1 aromatic rings. The van der Waals surface area contributed by atoms with Crippen molar-refractivity contribution < 1.29 is 9.53 Å². The van der Waals surface area contributed by atoms with Gasteiger partial charge in [-0.2, -0.15) is 0 Å². The second-order valence-electron chi connectivity index (χ2n) is 4.26. The van der Waals surface area contributed by atoms with E-state index in [4.69, 9.17) is 4.74 Å². The van der Waals surface area contributed by atoms with Crippen LogP contribution in [0.3, 0.4) is 0 Å². The van der Waals surface area contributed by atoms with Crippen LogP contribution in [0.4, 0.5) is 0 Å². The molecule has 3 heteroatoms. The Morgan fingerprint density at radius 2 is 2.00 bits per heavy atom. The molecule has 3 nitrogen and oxygen atoms in total. The number of benzene rings is 1. The molecule has 0 bridgehead atoms. The Balaban J connectivity index is 2.41. The lowest BCUT2D eigenvalue weighted by Crippen LogP contribution is -2.28. The van der Waals surface area contributed by atoms with Gasteiger partial charge in [-0.3, -0.25) is 4.79 Å². The van der Waals surface area contributed by atoms with E-state index < -0.39 is 0 Å². The monoisotopic (exact) mass is 235 g/mol. The van der Waals surface area contributed by atoms with Gasteiger partial charge in [-0.1, -0.05) is 32.4 Å². The molecule has 1 N–H and O–H groups in total. The van der Waals surface area contributed by atoms with Gasteiger partial charge in [-0.05, 0) is 24.1 Å². The summed E-state index contributed by atoms with van der Waals surface area (Å²) in [5.41, 5.74) is 1.09. The molecule has 1 aromatic carbocycles. The first-order valence-corrected chi connectivity index (χ1v) is 6.08. The van der Waals surface area contributed by atoms with Gasteiger partial charge in [0.2, 0.25) is 5.91 Å². The Kier molecular flexibility index (Phi) is 5.53. The summed E-state index contributed by atoms with van der Waals surface area (Å²) in [5.74, 6) is 1.06. The predicted octanol–water partition coefficient (Wildman–Crippen LogP) is 2.75. The molecule has 0 aliphatic rings. The highest BCUT2D eigenvalue weighted by molar-refractivity contribution is 5.78. The van der Waals surface area contributed by atoms with Gasteiger partial charge in [-0.25, -0.2) is 0 Å². The van der Waals surface area contributed by atoms with Crippen molar-refractivity contribution in [2.24, 2.45) is 5.92 Å². The summed E-state index contributed by atoms with van der Waals surface area (Å²) in [6.07, 6.45) is 1.98. The zero-order valence-corrected chi connectivity index (χ0v) is 10.8. The van der Waals surface area contributed by atoms with Gasteiger partial charge in [0.05, 0.1) is 7.11 Å². The molecule has 0 fully saturated rings. The largest absolute Gasteiger partial charge is 0.497 e. The van der Waals surface area contributed by atoms with Crippen LogP contribution in [0.2, 0.25) is 0 Å². The topological polar surface area (TPSA) is 38.3 Å². The van der Waals surface area contributed by atoms with Crippen LogP contribution in [-0.4, -0.2) is 13.0 Å². The minimum absolute atomic E-state index is 0.0956. The van der Waals surface area contributed by atoms with E-state index in [1.54, 1.807) is 7.11 Å². The van der Waals surface area contributed by atoms with Crippen LogP contribution >= 0.6 is 0 Å². The number of hydrogen-bond acceptors (Lipinski definition) is 2. The van der Waals surface area contributed by atoms with Crippen LogP contribution in [0, 0.1) is 5.92 Å². The van der Waals surface area contributed by atoms with E-state index in [-0.39, 0.29) is 11.8 Å². The van der Waals surface area contributed by atoms with Crippen LogP contribution in [0.5, 0.6) is 5.75 Å². The number of nitrogens with one attached hydrogen (secondary N) is 1. The van der Waals surface area contributed by atoms with E-state index >= 15 is 0 Å². The number of ether oxygens (including phenoxy) is 1. The Bertz CT molecular complexity index is 346. The Hall–Kier alpha value is -1.51. The third-order valence-corrected chi connectivity index (χ3v) is 2.80. The molecule has 0 unspecified atom stereocenters. The highest BCUT2D eigenvalue weighted by Crippen LogP contribution is 2.11. The van der Waals surface area contributed by atoms with Crippen LogP contribution in [-0.2, 0) is 11.3 Å². The minimum atomic E-state index is 0.0956. The first-order chi connectivity index (χ1) is 8.17. The van der Waals surface area contributed by atoms with Crippen molar-refractivity contribution in [1.29, 1.82) is 0 Å². The molecule has 0 heterocycles. The van der Waals surface area contributed by atoms with Gasteiger partial charge in [0, 0.05) is 12.5 Å². The maximum atomic E-state index is 11.7. The highest BCUT2D eigenvalue weighted by atomic mass is 16.5. The maximum Gasteiger partial charge on any atom is 0.223 e. The van der Waals surface area contributed by atoms with Gasteiger partial charge in [0.25, 0.3) is 0 Å². The van der Waals surface area contributed by atoms with E-state index in [1.165, 1.54) is 0 Å². The number of methoxy groups -OCH3 is 1. The lowest BCUT2D eigenvalue weighted by molar-refractivity contribution is -0.124. The third kappa shape index (κ3) is 4.47. The number of amides is 1. The molecule has 0 spiro atoms. The zero-order chi connectivity index (χ0) is 12.7. The lowest BCUT2D eigenvalue weighted by atomic mass is 10.1. The molecule has 0 saturated carbocycles. The molecule has 1 amide bonds. The van der Waals surface area contributed by atoms with E-state index in [1.807, 2.05) is 31.2 Å². The molecule has 0 aliphatic carbocycles. The number of carbonyl (C=O) groups excluding carboxylic acids is 1.